The third-order valence-electron chi connectivity index (χ3n) is 5.59. The van der Waals surface area contributed by atoms with Crippen molar-refractivity contribution < 1.29 is 9.32 Å². The molecule has 5 rings (SSSR count). The third-order valence-corrected chi connectivity index (χ3v) is 5.59. The van der Waals surface area contributed by atoms with E-state index < -0.39 is 0 Å². The van der Waals surface area contributed by atoms with Crippen LogP contribution < -0.4 is 0 Å². The van der Waals surface area contributed by atoms with Crippen molar-refractivity contribution in [3.63, 3.8) is 0 Å². The zero-order valence-electron chi connectivity index (χ0n) is 14.5. The molecule has 0 spiro atoms. The van der Waals surface area contributed by atoms with E-state index in [1.807, 2.05) is 35.0 Å². The summed E-state index contributed by atoms with van der Waals surface area (Å²) in [6.07, 6.45) is 9.86. The van der Waals surface area contributed by atoms with Crippen molar-refractivity contribution in [2.24, 2.45) is 0 Å². The number of piperidine rings is 1. The summed E-state index contributed by atoms with van der Waals surface area (Å²) in [6, 6.07) is 6.24. The Hall–Kier alpha value is -2.70. The molecule has 1 aliphatic heterocycles. The molecule has 3 aromatic heterocycles. The van der Waals surface area contributed by atoms with Crippen LogP contribution in [0, 0.1) is 0 Å². The maximum atomic E-state index is 12.3. The van der Waals surface area contributed by atoms with Gasteiger partial charge in [-0.2, -0.15) is 4.98 Å². The number of likely N-dealkylation sites (tertiary alicyclic amines) is 1. The minimum atomic E-state index is 0.117. The number of amides is 1. The van der Waals surface area contributed by atoms with Crippen LogP contribution in [0.3, 0.4) is 0 Å². The summed E-state index contributed by atoms with van der Waals surface area (Å²) in [5.41, 5.74) is 1.55. The predicted octanol–water partition coefficient (Wildman–Crippen LogP) is 3.03. The largest absolute Gasteiger partial charge is 0.339 e. The lowest BCUT2D eigenvalue weighted by Gasteiger charge is -2.35. The molecule has 7 nitrogen and oxygen atoms in total. The van der Waals surface area contributed by atoms with Gasteiger partial charge in [0.25, 0.3) is 0 Å². The van der Waals surface area contributed by atoms with Crippen LogP contribution in [-0.4, -0.2) is 42.9 Å². The highest BCUT2D eigenvalue weighted by atomic mass is 16.5. The molecule has 0 unspecified atom stereocenters. The number of imidazole rings is 1. The van der Waals surface area contributed by atoms with Crippen molar-refractivity contribution in [1.29, 1.82) is 0 Å². The number of hydrogen-bond donors (Lipinski definition) is 0. The van der Waals surface area contributed by atoms with Gasteiger partial charge in [-0.15, -0.1) is 0 Å². The van der Waals surface area contributed by atoms with Crippen LogP contribution in [0.15, 0.2) is 35.1 Å². The van der Waals surface area contributed by atoms with Crippen molar-refractivity contribution >= 4 is 11.6 Å². The molecule has 1 saturated heterocycles. The van der Waals surface area contributed by atoms with Gasteiger partial charge in [-0.1, -0.05) is 24.1 Å². The Bertz CT molecular complexity index is 907. The molecule has 0 N–H and O–H groups in total. The summed E-state index contributed by atoms with van der Waals surface area (Å²) in [7, 11) is 0. The van der Waals surface area contributed by atoms with E-state index in [2.05, 4.69) is 20.0 Å². The van der Waals surface area contributed by atoms with Gasteiger partial charge in [0.1, 0.15) is 11.3 Å². The summed E-state index contributed by atoms with van der Waals surface area (Å²) >= 11 is 0. The van der Waals surface area contributed by atoms with E-state index in [0.717, 1.165) is 24.9 Å². The van der Waals surface area contributed by atoms with Gasteiger partial charge in [-0.25, -0.2) is 4.98 Å². The Morgan fingerprint density at radius 3 is 2.85 bits per heavy atom. The first-order valence-electron chi connectivity index (χ1n) is 9.35. The molecule has 1 atom stereocenters. The molecular weight excluding hydrogens is 330 g/mol. The SMILES string of the molecule is O=C1CC[C@@H](c2nc(-c3cn4ccccc4n3)no2)CN1C1CCCC1. The Labute approximate surface area is 151 Å². The van der Waals surface area contributed by atoms with E-state index in [0.29, 0.717) is 36.4 Å². The molecule has 0 aromatic carbocycles. The summed E-state index contributed by atoms with van der Waals surface area (Å²) in [5, 5.41) is 4.13. The van der Waals surface area contributed by atoms with Gasteiger partial charge < -0.3 is 13.8 Å². The van der Waals surface area contributed by atoms with Gasteiger partial charge in [0.15, 0.2) is 0 Å². The van der Waals surface area contributed by atoms with Gasteiger partial charge in [-0.3, -0.25) is 4.79 Å². The Morgan fingerprint density at radius 2 is 2.00 bits per heavy atom. The van der Waals surface area contributed by atoms with Gasteiger partial charge in [0, 0.05) is 31.4 Å². The summed E-state index contributed by atoms with van der Waals surface area (Å²) in [6.45, 7) is 0.691. The van der Waals surface area contributed by atoms with Gasteiger partial charge >= 0.3 is 0 Å². The fourth-order valence-corrected chi connectivity index (χ4v) is 4.19. The molecule has 0 radical (unpaired) electrons. The zero-order chi connectivity index (χ0) is 17.5. The second-order valence-electron chi connectivity index (χ2n) is 7.27. The fourth-order valence-electron chi connectivity index (χ4n) is 4.19. The highest BCUT2D eigenvalue weighted by molar-refractivity contribution is 5.77. The van der Waals surface area contributed by atoms with Crippen LogP contribution in [0.1, 0.15) is 50.3 Å². The number of nitrogens with zero attached hydrogens (tertiary/aromatic N) is 5. The Morgan fingerprint density at radius 1 is 1.12 bits per heavy atom. The maximum absolute atomic E-state index is 12.3. The smallest absolute Gasteiger partial charge is 0.231 e. The first-order valence-corrected chi connectivity index (χ1v) is 9.35. The number of pyridine rings is 1. The molecular formula is C19H21N5O2. The highest BCUT2D eigenvalue weighted by Crippen LogP contribution is 2.33. The molecule has 26 heavy (non-hydrogen) atoms. The lowest BCUT2D eigenvalue weighted by atomic mass is 9.95. The number of carbonyl (C=O) groups is 1. The van der Waals surface area contributed by atoms with E-state index in [1.165, 1.54) is 12.8 Å². The normalized spacial score (nSPS) is 21.8. The maximum Gasteiger partial charge on any atom is 0.231 e. The molecule has 1 saturated carbocycles. The molecule has 1 aliphatic carbocycles. The molecule has 7 heteroatoms. The number of carbonyl (C=O) groups excluding carboxylic acids is 1. The summed E-state index contributed by atoms with van der Waals surface area (Å²) < 4.78 is 7.49. The van der Waals surface area contributed by atoms with E-state index in [9.17, 15) is 4.79 Å². The third kappa shape index (κ3) is 2.67. The van der Waals surface area contributed by atoms with Crippen molar-refractivity contribution in [3.8, 4) is 11.5 Å². The van der Waals surface area contributed by atoms with Crippen LogP contribution in [0.4, 0.5) is 0 Å². The van der Waals surface area contributed by atoms with Crippen LogP contribution in [0.5, 0.6) is 0 Å². The van der Waals surface area contributed by atoms with Gasteiger partial charge in [0.05, 0.1) is 5.92 Å². The minimum Gasteiger partial charge on any atom is -0.339 e. The fraction of sp³-hybridized carbons (Fsp3) is 0.474. The molecule has 0 bridgehead atoms. The van der Waals surface area contributed by atoms with Gasteiger partial charge in [0.2, 0.25) is 17.6 Å². The molecule has 3 aromatic rings. The number of aromatic nitrogens is 4. The first-order chi connectivity index (χ1) is 12.8. The summed E-state index contributed by atoms with van der Waals surface area (Å²) in [5.74, 6) is 1.51. The van der Waals surface area contributed by atoms with Crippen LogP contribution in [0.2, 0.25) is 0 Å². The lowest BCUT2D eigenvalue weighted by molar-refractivity contribution is -0.136. The van der Waals surface area contributed by atoms with Crippen LogP contribution >= 0.6 is 0 Å². The predicted molar refractivity (Wildman–Crippen MR) is 94.4 cm³/mol. The van der Waals surface area contributed by atoms with E-state index in [-0.39, 0.29) is 11.8 Å². The Kier molecular flexibility index (Phi) is 3.72. The molecule has 134 valence electrons. The molecule has 2 fully saturated rings. The first kappa shape index (κ1) is 15.5. The summed E-state index contributed by atoms with van der Waals surface area (Å²) in [4.78, 5) is 23.5. The zero-order valence-corrected chi connectivity index (χ0v) is 14.5. The van der Waals surface area contributed by atoms with E-state index in [4.69, 9.17) is 4.52 Å². The monoisotopic (exact) mass is 351 g/mol. The Balaban J connectivity index is 1.38. The van der Waals surface area contributed by atoms with Crippen LogP contribution in [0.25, 0.3) is 17.2 Å². The standard InChI is InChI=1S/C19H21N5O2/c25-17-9-8-13(11-24(17)14-5-1-2-6-14)19-21-18(22-26-19)15-12-23-10-4-3-7-16(23)20-15/h3-4,7,10,12-14H,1-2,5-6,8-9,11H2/t13-/m1/s1. The van der Waals surface area contributed by atoms with Gasteiger partial charge in [-0.05, 0) is 31.4 Å². The lowest BCUT2D eigenvalue weighted by Crippen LogP contribution is -2.44. The van der Waals surface area contributed by atoms with Crippen LogP contribution in [-0.2, 0) is 4.79 Å². The average Bonchev–Trinajstić information content (AvgIpc) is 3.41. The van der Waals surface area contributed by atoms with Crippen molar-refractivity contribution in [3.05, 3.63) is 36.5 Å². The molecule has 2 aliphatic rings. The quantitative estimate of drug-likeness (QED) is 0.725. The van der Waals surface area contributed by atoms with Crippen molar-refractivity contribution in [2.45, 2.75) is 50.5 Å². The second kappa shape index (κ2) is 6.23. The van der Waals surface area contributed by atoms with E-state index in [1.54, 1.807) is 0 Å². The second-order valence-corrected chi connectivity index (χ2v) is 7.27. The average molecular weight is 351 g/mol. The number of hydrogen-bond acceptors (Lipinski definition) is 5. The number of rotatable bonds is 3. The topological polar surface area (TPSA) is 76.5 Å². The van der Waals surface area contributed by atoms with Crippen molar-refractivity contribution in [2.75, 3.05) is 6.54 Å². The molecule has 4 heterocycles. The minimum absolute atomic E-state index is 0.117. The molecule has 1 amide bonds. The van der Waals surface area contributed by atoms with Crippen molar-refractivity contribution in [1.82, 2.24) is 24.4 Å². The highest BCUT2D eigenvalue weighted by Gasteiger charge is 2.35. The van der Waals surface area contributed by atoms with E-state index >= 15 is 0 Å². The number of fused-ring (bicyclic) bond motifs is 1.